The second-order valence-corrected chi connectivity index (χ2v) is 5.02. The lowest BCUT2D eigenvalue weighted by Gasteiger charge is -2.22. The van der Waals surface area contributed by atoms with Gasteiger partial charge >= 0.3 is 0 Å². The molecule has 0 saturated carbocycles. The standard InChI is InChI=1S/C15H26N2/c1-4-17(10-9-13(2)3)12-15-8-6-5-7-14(15)11-16/h5-8,13H,4,9-12,16H2,1-3H3. The van der Waals surface area contributed by atoms with E-state index in [2.05, 4.69) is 49.9 Å². The van der Waals surface area contributed by atoms with Crippen LogP contribution in [0.1, 0.15) is 38.3 Å². The lowest BCUT2D eigenvalue weighted by molar-refractivity contribution is 0.261. The van der Waals surface area contributed by atoms with E-state index >= 15 is 0 Å². The predicted molar refractivity (Wildman–Crippen MR) is 74.7 cm³/mol. The molecule has 0 radical (unpaired) electrons. The average molecular weight is 234 g/mol. The lowest BCUT2D eigenvalue weighted by atomic mass is 10.1. The molecule has 0 aliphatic rings. The molecule has 0 bridgehead atoms. The zero-order valence-electron chi connectivity index (χ0n) is 11.4. The fourth-order valence-corrected chi connectivity index (χ4v) is 1.94. The van der Waals surface area contributed by atoms with Crippen LogP contribution in [0.5, 0.6) is 0 Å². The van der Waals surface area contributed by atoms with Crippen LogP contribution in [-0.4, -0.2) is 18.0 Å². The Morgan fingerprint density at radius 1 is 1.18 bits per heavy atom. The van der Waals surface area contributed by atoms with E-state index in [1.807, 2.05) is 0 Å². The van der Waals surface area contributed by atoms with Crippen LogP contribution in [0.15, 0.2) is 24.3 Å². The molecular weight excluding hydrogens is 208 g/mol. The van der Waals surface area contributed by atoms with Gasteiger partial charge in [0.25, 0.3) is 0 Å². The summed E-state index contributed by atoms with van der Waals surface area (Å²) in [5, 5.41) is 0. The molecule has 0 aliphatic carbocycles. The van der Waals surface area contributed by atoms with Crippen LogP contribution < -0.4 is 5.73 Å². The summed E-state index contributed by atoms with van der Waals surface area (Å²) in [6.45, 7) is 10.7. The van der Waals surface area contributed by atoms with Crippen LogP contribution in [0.4, 0.5) is 0 Å². The molecule has 0 amide bonds. The highest BCUT2D eigenvalue weighted by Gasteiger charge is 2.07. The highest BCUT2D eigenvalue weighted by atomic mass is 15.1. The van der Waals surface area contributed by atoms with Crippen molar-refractivity contribution in [3.8, 4) is 0 Å². The van der Waals surface area contributed by atoms with Crippen molar-refractivity contribution in [1.29, 1.82) is 0 Å². The molecule has 17 heavy (non-hydrogen) atoms. The average Bonchev–Trinajstić information content (AvgIpc) is 2.34. The highest BCUT2D eigenvalue weighted by Crippen LogP contribution is 2.12. The second kappa shape index (κ2) is 7.46. The first-order chi connectivity index (χ1) is 8.17. The molecule has 0 unspecified atom stereocenters. The van der Waals surface area contributed by atoms with Gasteiger partial charge in [-0.1, -0.05) is 45.0 Å². The van der Waals surface area contributed by atoms with Gasteiger partial charge in [-0.05, 0) is 36.6 Å². The van der Waals surface area contributed by atoms with Crippen LogP contribution in [-0.2, 0) is 13.1 Å². The number of nitrogens with zero attached hydrogens (tertiary/aromatic N) is 1. The Morgan fingerprint density at radius 2 is 1.82 bits per heavy atom. The maximum atomic E-state index is 5.77. The maximum Gasteiger partial charge on any atom is 0.0236 e. The second-order valence-electron chi connectivity index (χ2n) is 5.02. The summed E-state index contributed by atoms with van der Waals surface area (Å²) < 4.78 is 0. The Balaban J connectivity index is 2.60. The van der Waals surface area contributed by atoms with Gasteiger partial charge in [0.1, 0.15) is 0 Å². The van der Waals surface area contributed by atoms with Crippen LogP contribution >= 0.6 is 0 Å². The highest BCUT2D eigenvalue weighted by molar-refractivity contribution is 5.26. The van der Waals surface area contributed by atoms with Crippen LogP contribution in [0, 0.1) is 5.92 Å². The third kappa shape index (κ3) is 4.88. The minimum absolute atomic E-state index is 0.637. The Morgan fingerprint density at radius 3 is 2.35 bits per heavy atom. The van der Waals surface area contributed by atoms with Crippen molar-refractivity contribution in [3.63, 3.8) is 0 Å². The molecule has 0 aromatic heterocycles. The van der Waals surface area contributed by atoms with Crippen LogP contribution in [0.3, 0.4) is 0 Å². The number of benzene rings is 1. The van der Waals surface area contributed by atoms with Crippen molar-refractivity contribution in [2.45, 2.75) is 40.3 Å². The SMILES string of the molecule is CCN(CCC(C)C)Cc1ccccc1CN. The zero-order valence-corrected chi connectivity index (χ0v) is 11.4. The Bertz CT molecular complexity index is 320. The Kier molecular flexibility index (Phi) is 6.23. The predicted octanol–water partition coefficient (Wildman–Crippen LogP) is 3.01. The van der Waals surface area contributed by atoms with E-state index in [1.165, 1.54) is 24.1 Å². The summed E-state index contributed by atoms with van der Waals surface area (Å²) in [7, 11) is 0. The molecule has 2 heteroatoms. The third-order valence-electron chi connectivity index (χ3n) is 3.20. The lowest BCUT2D eigenvalue weighted by Crippen LogP contribution is -2.25. The number of rotatable bonds is 7. The zero-order chi connectivity index (χ0) is 12.7. The molecule has 96 valence electrons. The summed E-state index contributed by atoms with van der Waals surface area (Å²) in [5.74, 6) is 0.772. The topological polar surface area (TPSA) is 29.3 Å². The molecule has 0 heterocycles. The molecule has 2 nitrogen and oxygen atoms in total. The third-order valence-corrected chi connectivity index (χ3v) is 3.20. The summed E-state index contributed by atoms with van der Waals surface area (Å²) >= 11 is 0. The van der Waals surface area contributed by atoms with Crippen molar-refractivity contribution < 1.29 is 0 Å². The number of nitrogens with two attached hydrogens (primary N) is 1. The van der Waals surface area contributed by atoms with E-state index in [4.69, 9.17) is 5.73 Å². The summed E-state index contributed by atoms with van der Waals surface area (Å²) in [6, 6.07) is 8.49. The van der Waals surface area contributed by atoms with Crippen molar-refractivity contribution >= 4 is 0 Å². The van der Waals surface area contributed by atoms with Crippen molar-refractivity contribution in [2.24, 2.45) is 11.7 Å². The van der Waals surface area contributed by atoms with Crippen molar-refractivity contribution in [2.75, 3.05) is 13.1 Å². The molecule has 0 aliphatic heterocycles. The van der Waals surface area contributed by atoms with Gasteiger partial charge in [0.05, 0.1) is 0 Å². The van der Waals surface area contributed by atoms with Gasteiger partial charge < -0.3 is 5.73 Å². The van der Waals surface area contributed by atoms with Gasteiger partial charge in [-0.2, -0.15) is 0 Å². The van der Waals surface area contributed by atoms with Crippen molar-refractivity contribution in [3.05, 3.63) is 35.4 Å². The van der Waals surface area contributed by atoms with Gasteiger partial charge in [-0.15, -0.1) is 0 Å². The first-order valence-corrected chi connectivity index (χ1v) is 6.66. The fraction of sp³-hybridized carbons (Fsp3) is 0.600. The maximum absolute atomic E-state index is 5.77. The van der Waals surface area contributed by atoms with E-state index in [0.29, 0.717) is 6.54 Å². The largest absolute Gasteiger partial charge is 0.326 e. The van der Waals surface area contributed by atoms with Gasteiger partial charge in [0.15, 0.2) is 0 Å². The number of hydrogen-bond donors (Lipinski definition) is 1. The first-order valence-electron chi connectivity index (χ1n) is 6.66. The summed E-state index contributed by atoms with van der Waals surface area (Å²) in [5.41, 5.74) is 8.42. The molecule has 1 aromatic carbocycles. The molecule has 0 spiro atoms. The smallest absolute Gasteiger partial charge is 0.0236 e. The number of hydrogen-bond acceptors (Lipinski definition) is 2. The van der Waals surface area contributed by atoms with Gasteiger partial charge in [0, 0.05) is 13.1 Å². The van der Waals surface area contributed by atoms with E-state index in [0.717, 1.165) is 19.0 Å². The molecule has 0 saturated heterocycles. The van der Waals surface area contributed by atoms with E-state index < -0.39 is 0 Å². The normalized spacial score (nSPS) is 11.4. The monoisotopic (exact) mass is 234 g/mol. The molecule has 1 aromatic rings. The quantitative estimate of drug-likeness (QED) is 0.786. The molecule has 1 rings (SSSR count). The minimum atomic E-state index is 0.637. The molecule has 0 fully saturated rings. The molecule has 2 N–H and O–H groups in total. The van der Waals surface area contributed by atoms with E-state index in [1.54, 1.807) is 0 Å². The van der Waals surface area contributed by atoms with E-state index in [-0.39, 0.29) is 0 Å². The fourth-order valence-electron chi connectivity index (χ4n) is 1.94. The Hall–Kier alpha value is -0.860. The van der Waals surface area contributed by atoms with Gasteiger partial charge in [-0.25, -0.2) is 0 Å². The van der Waals surface area contributed by atoms with Crippen molar-refractivity contribution in [1.82, 2.24) is 4.90 Å². The first kappa shape index (κ1) is 14.2. The molecule has 0 atom stereocenters. The van der Waals surface area contributed by atoms with Crippen LogP contribution in [0.25, 0.3) is 0 Å². The van der Waals surface area contributed by atoms with Gasteiger partial charge in [-0.3, -0.25) is 4.90 Å². The van der Waals surface area contributed by atoms with E-state index in [9.17, 15) is 0 Å². The summed E-state index contributed by atoms with van der Waals surface area (Å²) in [6.07, 6.45) is 1.26. The van der Waals surface area contributed by atoms with Crippen LogP contribution in [0.2, 0.25) is 0 Å². The Labute approximate surface area is 106 Å². The summed E-state index contributed by atoms with van der Waals surface area (Å²) in [4.78, 5) is 2.49. The minimum Gasteiger partial charge on any atom is -0.326 e. The molecular formula is C15H26N2. The van der Waals surface area contributed by atoms with Gasteiger partial charge in [0.2, 0.25) is 0 Å².